The van der Waals surface area contributed by atoms with Crippen molar-refractivity contribution in [3.8, 4) is 0 Å². The van der Waals surface area contributed by atoms with Crippen molar-refractivity contribution < 1.29 is 31.1 Å². The van der Waals surface area contributed by atoms with E-state index in [1.165, 1.54) is 18.9 Å². The number of carbonyl (C=O) groups is 1. The number of amides is 1. The van der Waals surface area contributed by atoms with E-state index in [4.69, 9.17) is 0 Å². The zero-order chi connectivity index (χ0) is 24.5. The molecule has 2 heterocycles. The number of rotatable bonds is 4. The Morgan fingerprint density at radius 2 is 1.38 bits per heavy atom. The first-order chi connectivity index (χ1) is 16.0. The predicted octanol–water partition coefficient (Wildman–Crippen LogP) is 6.04. The molecule has 0 unspecified atom stereocenters. The van der Waals surface area contributed by atoms with Crippen molar-refractivity contribution in [1.29, 1.82) is 0 Å². The van der Waals surface area contributed by atoms with E-state index in [1.54, 1.807) is 0 Å². The van der Waals surface area contributed by atoms with Gasteiger partial charge in [0.1, 0.15) is 0 Å². The molecule has 0 radical (unpaired) electrons. The second-order valence-electron chi connectivity index (χ2n) is 8.76. The van der Waals surface area contributed by atoms with E-state index in [0.29, 0.717) is 24.8 Å². The zero-order valence-corrected chi connectivity index (χ0v) is 18.3. The molecule has 0 atom stereocenters. The van der Waals surface area contributed by atoms with Crippen LogP contribution < -0.4 is 10.2 Å². The van der Waals surface area contributed by atoms with Gasteiger partial charge in [-0.05, 0) is 81.2 Å². The van der Waals surface area contributed by atoms with Gasteiger partial charge in [0, 0.05) is 36.1 Å². The van der Waals surface area contributed by atoms with Crippen LogP contribution >= 0.6 is 0 Å². The minimum Gasteiger partial charge on any atom is -0.371 e. The van der Waals surface area contributed by atoms with Crippen LogP contribution in [-0.4, -0.2) is 43.0 Å². The van der Waals surface area contributed by atoms with E-state index in [1.807, 2.05) is 4.90 Å². The molecule has 0 aromatic heterocycles. The molecule has 2 aromatic carbocycles. The number of hydrogen-bond acceptors (Lipinski definition) is 3. The van der Waals surface area contributed by atoms with Crippen LogP contribution in [0, 0.1) is 0 Å². The average molecular weight is 485 g/mol. The number of nitrogens with one attached hydrogen (secondary N) is 1. The zero-order valence-electron chi connectivity index (χ0n) is 18.3. The molecule has 1 N–H and O–H groups in total. The van der Waals surface area contributed by atoms with Gasteiger partial charge in [-0.3, -0.25) is 4.79 Å². The average Bonchev–Trinajstić information content (AvgIpc) is 3.33. The Hall–Kier alpha value is -2.75. The number of piperidine rings is 1. The normalized spacial score (nSPS) is 18.4. The summed E-state index contributed by atoms with van der Waals surface area (Å²) in [6, 6.07) is 7.38. The molecule has 4 rings (SSSR count). The fourth-order valence-corrected chi connectivity index (χ4v) is 4.63. The Balaban J connectivity index is 1.52. The Bertz CT molecular complexity index is 1000. The molecule has 0 aliphatic carbocycles. The van der Waals surface area contributed by atoms with Gasteiger partial charge in [0.25, 0.3) is 5.91 Å². The van der Waals surface area contributed by atoms with Gasteiger partial charge < -0.3 is 15.1 Å². The van der Waals surface area contributed by atoms with E-state index < -0.39 is 29.4 Å². The second kappa shape index (κ2) is 9.48. The van der Waals surface area contributed by atoms with Gasteiger partial charge in [-0.1, -0.05) is 0 Å². The van der Waals surface area contributed by atoms with Crippen molar-refractivity contribution in [2.75, 3.05) is 36.4 Å². The topological polar surface area (TPSA) is 35.6 Å². The van der Waals surface area contributed by atoms with Gasteiger partial charge >= 0.3 is 12.4 Å². The molecule has 10 heteroatoms. The fourth-order valence-electron chi connectivity index (χ4n) is 4.63. The predicted molar refractivity (Wildman–Crippen MR) is 117 cm³/mol. The molecule has 2 fully saturated rings. The molecule has 0 bridgehead atoms. The van der Waals surface area contributed by atoms with Gasteiger partial charge in [0.05, 0.1) is 11.1 Å². The number of alkyl halides is 6. The third-order valence-corrected chi connectivity index (χ3v) is 6.46. The van der Waals surface area contributed by atoms with Crippen LogP contribution in [0.25, 0.3) is 0 Å². The minimum absolute atomic E-state index is 0.0587. The molecule has 4 nitrogen and oxygen atoms in total. The SMILES string of the molecule is O=C(Nc1ccc(C(F)(F)F)cc1)c1cc(N2CCC(N3CCCC3)CC2)cc(C(F)(F)F)c1. The van der Waals surface area contributed by atoms with E-state index >= 15 is 0 Å². The Labute approximate surface area is 193 Å². The van der Waals surface area contributed by atoms with Crippen LogP contribution in [-0.2, 0) is 12.4 Å². The van der Waals surface area contributed by atoms with Crippen molar-refractivity contribution in [1.82, 2.24) is 4.90 Å². The van der Waals surface area contributed by atoms with Crippen LogP contribution in [0.15, 0.2) is 42.5 Å². The lowest BCUT2D eigenvalue weighted by Gasteiger charge is -2.38. The summed E-state index contributed by atoms with van der Waals surface area (Å²) in [6.07, 6.45) is -5.16. The van der Waals surface area contributed by atoms with Gasteiger partial charge in [-0.15, -0.1) is 0 Å². The molecule has 2 aromatic rings. The number of nitrogens with zero attached hydrogens (tertiary/aromatic N) is 2. The van der Waals surface area contributed by atoms with Crippen molar-refractivity contribution in [2.45, 2.75) is 44.1 Å². The molecular weight excluding hydrogens is 460 g/mol. The molecule has 2 saturated heterocycles. The lowest BCUT2D eigenvalue weighted by molar-refractivity contribution is -0.138. The largest absolute Gasteiger partial charge is 0.416 e. The van der Waals surface area contributed by atoms with Crippen molar-refractivity contribution in [3.63, 3.8) is 0 Å². The smallest absolute Gasteiger partial charge is 0.371 e. The molecule has 34 heavy (non-hydrogen) atoms. The van der Waals surface area contributed by atoms with Crippen LogP contribution in [0.1, 0.15) is 47.2 Å². The number of anilines is 2. The molecule has 2 aliphatic rings. The van der Waals surface area contributed by atoms with Gasteiger partial charge in [-0.2, -0.15) is 26.3 Å². The quantitative estimate of drug-likeness (QED) is 0.537. The van der Waals surface area contributed by atoms with Crippen LogP contribution in [0.5, 0.6) is 0 Å². The molecular formula is C24H25F6N3O. The Kier molecular flexibility index (Phi) is 6.80. The Morgan fingerprint density at radius 1 is 0.794 bits per heavy atom. The number of likely N-dealkylation sites (tertiary alicyclic amines) is 1. The van der Waals surface area contributed by atoms with Gasteiger partial charge in [0.2, 0.25) is 0 Å². The highest BCUT2D eigenvalue weighted by Crippen LogP contribution is 2.35. The summed E-state index contributed by atoms with van der Waals surface area (Å²) >= 11 is 0. The van der Waals surface area contributed by atoms with Gasteiger partial charge in [-0.25, -0.2) is 0 Å². The second-order valence-corrected chi connectivity index (χ2v) is 8.76. The summed E-state index contributed by atoms with van der Waals surface area (Å²) in [5.74, 6) is -0.820. The van der Waals surface area contributed by atoms with Crippen LogP contribution in [0.2, 0.25) is 0 Å². The highest BCUT2D eigenvalue weighted by Gasteiger charge is 2.34. The highest BCUT2D eigenvalue weighted by atomic mass is 19.4. The van der Waals surface area contributed by atoms with E-state index in [0.717, 1.165) is 62.3 Å². The third-order valence-electron chi connectivity index (χ3n) is 6.46. The van der Waals surface area contributed by atoms with Crippen molar-refractivity contribution in [3.05, 3.63) is 59.2 Å². The van der Waals surface area contributed by atoms with Crippen LogP contribution in [0.4, 0.5) is 37.7 Å². The number of carbonyl (C=O) groups excluding carboxylic acids is 1. The Morgan fingerprint density at radius 3 is 1.94 bits per heavy atom. The van der Waals surface area contributed by atoms with E-state index in [2.05, 4.69) is 10.2 Å². The third kappa shape index (κ3) is 5.65. The van der Waals surface area contributed by atoms with E-state index in [-0.39, 0.29) is 11.3 Å². The summed E-state index contributed by atoms with van der Waals surface area (Å²) in [6.45, 7) is 3.29. The lowest BCUT2D eigenvalue weighted by Crippen LogP contribution is -2.44. The first-order valence-electron chi connectivity index (χ1n) is 11.2. The van der Waals surface area contributed by atoms with Gasteiger partial charge in [0.15, 0.2) is 0 Å². The summed E-state index contributed by atoms with van der Waals surface area (Å²) in [7, 11) is 0. The summed E-state index contributed by atoms with van der Waals surface area (Å²) in [5, 5.41) is 2.39. The highest BCUT2D eigenvalue weighted by molar-refractivity contribution is 6.05. The fraction of sp³-hybridized carbons (Fsp3) is 0.458. The standard InChI is InChI=1S/C24H25F6N3O/c25-23(26,27)17-3-5-19(6-4-17)31-22(34)16-13-18(24(28,29)30)15-21(14-16)33-11-7-20(8-12-33)32-9-1-2-10-32/h3-6,13-15,20H,1-2,7-12H2,(H,31,34). The lowest BCUT2D eigenvalue weighted by atomic mass is 10.0. The number of hydrogen-bond donors (Lipinski definition) is 1. The summed E-state index contributed by atoms with van der Waals surface area (Å²) < 4.78 is 78.9. The molecule has 1 amide bonds. The molecule has 0 spiro atoms. The minimum atomic E-state index is -4.65. The summed E-state index contributed by atoms with van der Waals surface area (Å²) in [5.41, 5.74) is -1.66. The number of halogens is 6. The van der Waals surface area contributed by atoms with Crippen molar-refractivity contribution >= 4 is 17.3 Å². The maximum absolute atomic E-state index is 13.6. The monoisotopic (exact) mass is 485 g/mol. The molecule has 2 aliphatic heterocycles. The first-order valence-corrected chi connectivity index (χ1v) is 11.2. The summed E-state index contributed by atoms with van der Waals surface area (Å²) in [4.78, 5) is 17.0. The van der Waals surface area contributed by atoms with Crippen LogP contribution in [0.3, 0.4) is 0 Å². The maximum Gasteiger partial charge on any atom is 0.416 e. The van der Waals surface area contributed by atoms with Crippen molar-refractivity contribution in [2.24, 2.45) is 0 Å². The molecule has 184 valence electrons. The number of benzene rings is 2. The molecule has 0 saturated carbocycles. The maximum atomic E-state index is 13.6. The van der Waals surface area contributed by atoms with E-state index in [9.17, 15) is 31.1 Å². The first kappa shape index (κ1) is 24.4.